The summed E-state index contributed by atoms with van der Waals surface area (Å²) in [7, 11) is 0. The van der Waals surface area contributed by atoms with Gasteiger partial charge in [0.15, 0.2) is 0 Å². The summed E-state index contributed by atoms with van der Waals surface area (Å²) in [5.74, 6) is -0.263. The van der Waals surface area contributed by atoms with Gasteiger partial charge in [-0.3, -0.25) is 9.59 Å². The molecule has 0 aliphatic heterocycles. The van der Waals surface area contributed by atoms with Crippen LogP contribution in [-0.4, -0.2) is 11.8 Å². The molecule has 0 bridgehead atoms. The average Bonchev–Trinajstić information content (AvgIpc) is 3.04. The van der Waals surface area contributed by atoms with Gasteiger partial charge in [-0.2, -0.15) is 5.26 Å². The monoisotopic (exact) mass is 313 g/mol. The van der Waals surface area contributed by atoms with Gasteiger partial charge < -0.3 is 10.6 Å². The van der Waals surface area contributed by atoms with Crippen LogP contribution in [0.25, 0.3) is 0 Å². The van der Waals surface area contributed by atoms with Crippen molar-refractivity contribution in [3.8, 4) is 6.07 Å². The van der Waals surface area contributed by atoms with E-state index in [0.717, 1.165) is 24.1 Å². The third kappa shape index (κ3) is 4.10. The second-order valence-corrected chi connectivity index (χ2v) is 6.42. The fourth-order valence-corrected chi connectivity index (χ4v) is 2.71. The highest BCUT2D eigenvalue weighted by Crippen LogP contribution is 2.37. The summed E-state index contributed by atoms with van der Waals surface area (Å²) in [6.45, 7) is 4.07. The smallest absolute Gasteiger partial charge is 0.240 e. The molecule has 5 heteroatoms. The molecule has 122 valence electrons. The molecule has 1 saturated carbocycles. The molecule has 5 nitrogen and oxygen atoms in total. The zero-order valence-electron chi connectivity index (χ0n) is 13.7. The lowest BCUT2D eigenvalue weighted by molar-refractivity contribution is -0.128. The Hall–Kier alpha value is -2.35. The third-order valence-electron chi connectivity index (χ3n) is 4.30. The van der Waals surface area contributed by atoms with Gasteiger partial charge in [-0.1, -0.05) is 38.8 Å². The summed E-state index contributed by atoms with van der Waals surface area (Å²) >= 11 is 0. The van der Waals surface area contributed by atoms with E-state index in [-0.39, 0.29) is 17.7 Å². The van der Waals surface area contributed by atoms with Crippen molar-refractivity contribution < 1.29 is 9.59 Å². The van der Waals surface area contributed by atoms with Gasteiger partial charge >= 0.3 is 0 Å². The molecule has 2 N–H and O–H groups in total. The van der Waals surface area contributed by atoms with Gasteiger partial charge in [0.2, 0.25) is 11.8 Å². The molecule has 0 aromatic heterocycles. The van der Waals surface area contributed by atoms with E-state index < -0.39 is 5.41 Å². The van der Waals surface area contributed by atoms with E-state index in [1.807, 2.05) is 38.1 Å². The minimum atomic E-state index is -0.842. The Balaban J connectivity index is 1.90. The molecule has 1 aromatic rings. The Bertz CT molecular complexity index is 608. The third-order valence-corrected chi connectivity index (χ3v) is 4.30. The van der Waals surface area contributed by atoms with Crippen LogP contribution in [0.5, 0.6) is 0 Å². The zero-order valence-corrected chi connectivity index (χ0v) is 13.7. The first kappa shape index (κ1) is 17.0. The minimum absolute atomic E-state index is 0.0248. The lowest BCUT2D eigenvalue weighted by Gasteiger charge is -2.19. The van der Waals surface area contributed by atoms with Crippen molar-refractivity contribution in [1.29, 1.82) is 5.26 Å². The van der Waals surface area contributed by atoms with Crippen LogP contribution < -0.4 is 10.6 Å². The number of nitrogens with one attached hydrogen (secondary N) is 2. The van der Waals surface area contributed by atoms with Crippen LogP contribution in [0, 0.1) is 22.7 Å². The Morgan fingerprint density at radius 2 is 1.83 bits per heavy atom. The number of benzene rings is 1. The van der Waals surface area contributed by atoms with Crippen LogP contribution >= 0.6 is 0 Å². The lowest BCUT2D eigenvalue weighted by atomic mass is 9.87. The maximum absolute atomic E-state index is 12.3. The first-order valence-electron chi connectivity index (χ1n) is 8.06. The van der Waals surface area contributed by atoms with Crippen molar-refractivity contribution in [2.24, 2.45) is 11.3 Å². The molecule has 0 atom stereocenters. The summed E-state index contributed by atoms with van der Waals surface area (Å²) < 4.78 is 0. The van der Waals surface area contributed by atoms with Crippen molar-refractivity contribution in [3.63, 3.8) is 0 Å². The topological polar surface area (TPSA) is 82.0 Å². The summed E-state index contributed by atoms with van der Waals surface area (Å²) in [6.07, 6.45) is 3.17. The van der Waals surface area contributed by atoms with Crippen LogP contribution in [0.4, 0.5) is 5.69 Å². The summed E-state index contributed by atoms with van der Waals surface area (Å²) in [5, 5.41) is 15.0. The highest BCUT2D eigenvalue weighted by atomic mass is 16.2. The number of amides is 2. The van der Waals surface area contributed by atoms with Gasteiger partial charge in [0.05, 0.1) is 6.07 Å². The fraction of sp³-hybridized carbons (Fsp3) is 0.500. The molecule has 0 saturated heterocycles. The number of carbonyl (C=O) groups excluding carboxylic acids is 2. The maximum atomic E-state index is 12.3. The van der Waals surface area contributed by atoms with Crippen LogP contribution in [0.3, 0.4) is 0 Å². The largest absolute Gasteiger partial charge is 0.351 e. The van der Waals surface area contributed by atoms with Crippen LogP contribution in [0.2, 0.25) is 0 Å². The molecule has 23 heavy (non-hydrogen) atoms. The molecule has 2 amide bonds. The Morgan fingerprint density at radius 3 is 2.35 bits per heavy atom. The molecule has 0 radical (unpaired) electrons. The number of nitrogens with zero attached hydrogens (tertiary/aromatic N) is 1. The van der Waals surface area contributed by atoms with Crippen LogP contribution in [0.1, 0.15) is 45.1 Å². The maximum Gasteiger partial charge on any atom is 0.240 e. The molecule has 1 aromatic carbocycles. The Kier molecular flexibility index (Phi) is 5.38. The summed E-state index contributed by atoms with van der Waals surface area (Å²) in [4.78, 5) is 23.9. The van der Waals surface area contributed by atoms with E-state index >= 15 is 0 Å². The molecule has 0 spiro atoms. The number of anilines is 1. The van der Waals surface area contributed by atoms with Crippen molar-refractivity contribution in [2.75, 3.05) is 5.32 Å². The van der Waals surface area contributed by atoms with Crippen LogP contribution in [-0.2, 0) is 16.1 Å². The van der Waals surface area contributed by atoms with Gasteiger partial charge in [0, 0.05) is 18.2 Å². The number of rotatable bonds is 5. The predicted molar refractivity (Wildman–Crippen MR) is 88.3 cm³/mol. The molecule has 1 aliphatic rings. The van der Waals surface area contributed by atoms with E-state index in [0.29, 0.717) is 19.4 Å². The van der Waals surface area contributed by atoms with E-state index in [1.54, 1.807) is 0 Å². The average molecular weight is 313 g/mol. The van der Waals surface area contributed by atoms with Crippen molar-refractivity contribution in [2.45, 2.75) is 46.1 Å². The number of nitriles is 1. The molecule has 0 unspecified atom stereocenters. The van der Waals surface area contributed by atoms with Gasteiger partial charge in [-0.15, -0.1) is 0 Å². The van der Waals surface area contributed by atoms with Gasteiger partial charge in [-0.05, 0) is 30.5 Å². The first-order valence-corrected chi connectivity index (χ1v) is 8.06. The van der Waals surface area contributed by atoms with Crippen molar-refractivity contribution >= 4 is 17.5 Å². The number of carbonyl (C=O) groups is 2. The SMILES string of the molecule is CC(C)C(=O)Nc1ccc(CNC(=O)C2(C#N)CCCC2)cc1. The standard InChI is InChI=1S/C18H23N3O2/c1-13(2)16(22)21-15-7-5-14(6-8-15)11-20-17(23)18(12-19)9-3-4-10-18/h5-8,13H,3-4,9-11H2,1-2H3,(H,20,23)(H,21,22). The number of hydrogen-bond acceptors (Lipinski definition) is 3. The first-order chi connectivity index (χ1) is 11.0. The molecular formula is C18H23N3O2. The van der Waals surface area contributed by atoms with Crippen molar-refractivity contribution in [1.82, 2.24) is 5.32 Å². The highest BCUT2D eigenvalue weighted by molar-refractivity contribution is 5.92. The second-order valence-electron chi connectivity index (χ2n) is 6.42. The molecule has 0 heterocycles. The molecular weight excluding hydrogens is 290 g/mol. The fourth-order valence-electron chi connectivity index (χ4n) is 2.71. The van der Waals surface area contributed by atoms with Crippen LogP contribution in [0.15, 0.2) is 24.3 Å². The summed E-state index contributed by atoms with van der Waals surface area (Å²) in [6, 6.07) is 9.56. The van der Waals surface area contributed by atoms with E-state index in [4.69, 9.17) is 0 Å². The minimum Gasteiger partial charge on any atom is -0.351 e. The lowest BCUT2D eigenvalue weighted by Crippen LogP contribution is -2.37. The van der Waals surface area contributed by atoms with Gasteiger partial charge in [0.25, 0.3) is 0 Å². The zero-order chi connectivity index (χ0) is 16.9. The predicted octanol–water partition coefficient (Wildman–Crippen LogP) is 2.98. The molecule has 2 rings (SSSR count). The molecule has 1 fully saturated rings. The summed E-state index contributed by atoms with van der Waals surface area (Å²) in [5.41, 5.74) is 0.834. The molecule has 1 aliphatic carbocycles. The van der Waals surface area contributed by atoms with Gasteiger partial charge in [0.1, 0.15) is 5.41 Å². The van der Waals surface area contributed by atoms with Gasteiger partial charge in [-0.25, -0.2) is 0 Å². The second kappa shape index (κ2) is 7.28. The highest BCUT2D eigenvalue weighted by Gasteiger charge is 2.41. The van der Waals surface area contributed by atoms with Crippen molar-refractivity contribution in [3.05, 3.63) is 29.8 Å². The van der Waals surface area contributed by atoms with E-state index in [2.05, 4.69) is 16.7 Å². The van der Waals surface area contributed by atoms with E-state index in [1.165, 1.54) is 0 Å². The Morgan fingerprint density at radius 1 is 1.22 bits per heavy atom. The quantitative estimate of drug-likeness (QED) is 0.876. The number of hydrogen-bond donors (Lipinski definition) is 2. The van der Waals surface area contributed by atoms with E-state index in [9.17, 15) is 14.9 Å². The Labute approximate surface area is 137 Å². The normalized spacial score (nSPS) is 15.9.